The number of pyridine rings is 2. The van der Waals surface area contributed by atoms with Gasteiger partial charge in [0.2, 0.25) is 0 Å². The molecule has 1 saturated carbocycles. The number of ether oxygens (including phenoxy) is 1. The van der Waals surface area contributed by atoms with Gasteiger partial charge in [-0.2, -0.15) is 0 Å². The average molecular weight is 483 g/mol. The van der Waals surface area contributed by atoms with Crippen LogP contribution >= 0.6 is 0 Å². The lowest BCUT2D eigenvalue weighted by atomic mass is 9.88. The van der Waals surface area contributed by atoms with E-state index in [1.807, 2.05) is 0 Å². The number of nitrogens with two attached hydrogens (primary N) is 1. The molecule has 0 amide bonds. The van der Waals surface area contributed by atoms with Gasteiger partial charge in [0.1, 0.15) is 28.8 Å². The van der Waals surface area contributed by atoms with Gasteiger partial charge in [-0.15, -0.1) is 0 Å². The fourth-order valence-electron chi connectivity index (χ4n) is 4.63. The third-order valence-corrected chi connectivity index (χ3v) is 6.64. The van der Waals surface area contributed by atoms with Crippen molar-refractivity contribution in [2.24, 2.45) is 11.7 Å². The van der Waals surface area contributed by atoms with Gasteiger partial charge in [-0.25, -0.2) is 18.2 Å². The van der Waals surface area contributed by atoms with Crippen molar-refractivity contribution >= 4 is 5.78 Å². The summed E-state index contributed by atoms with van der Waals surface area (Å²) in [5.41, 5.74) is 6.17. The van der Waals surface area contributed by atoms with Crippen LogP contribution in [0.4, 0.5) is 13.2 Å². The minimum Gasteiger partial charge on any atom is -0.389 e. The molecule has 3 aromatic rings. The van der Waals surface area contributed by atoms with E-state index in [0.717, 1.165) is 42.7 Å². The summed E-state index contributed by atoms with van der Waals surface area (Å²) in [6.45, 7) is 0. The predicted molar refractivity (Wildman–Crippen MR) is 121 cm³/mol. The second kappa shape index (κ2) is 9.49. The van der Waals surface area contributed by atoms with Gasteiger partial charge >= 0.3 is 0 Å². The number of benzene rings is 1. The maximum absolute atomic E-state index is 14.4. The monoisotopic (exact) mass is 483 g/mol. The van der Waals surface area contributed by atoms with E-state index >= 15 is 0 Å². The largest absolute Gasteiger partial charge is 0.389 e. The molecule has 1 aliphatic carbocycles. The Morgan fingerprint density at radius 3 is 2.54 bits per heavy atom. The third kappa shape index (κ3) is 4.71. The van der Waals surface area contributed by atoms with E-state index in [0.29, 0.717) is 12.0 Å². The summed E-state index contributed by atoms with van der Waals surface area (Å²) < 4.78 is 49.1. The average Bonchev–Trinajstić information content (AvgIpc) is 3.67. The number of hydrogen-bond donors (Lipinski definition) is 2. The summed E-state index contributed by atoms with van der Waals surface area (Å²) in [5, 5.41) is 10.4. The molecule has 1 saturated heterocycles. The lowest BCUT2D eigenvalue weighted by molar-refractivity contribution is -0.137. The van der Waals surface area contributed by atoms with Gasteiger partial charge in [-0.05, 0) is 66.6 Å². The summed E-state index contributed by atoms with van der Waals surface area (Å²) in [6, 6.07) is 6.59. The number of Topliss-reactive ketones (excluding diaryl/α,β-unsaturated/α-hetero) is 1. The molecule has 0 spiro atoms. The highest BCUT2D eigenvalue weighted by atomic mass is 19.1. The highest BCUT2D eigenvalue weighted by Gasteiger charge is 2.44. The van der Waals surface area contributed by atoms with Gasteiger partial charge in [-0.3, -0.25) is 9.78 Å². The zero-order valence-corrected chi connectivity index (χ0v) is 18.7. The molecule has 6 nitrogen and oxygen atoms in total. The van der Waals surface area contributed by atoms with E-state index in [4.69, 9.17) is 10.5 Å². The van der Waals surface area contributed by atoms with E-state index in [2.05, 4.69) is 9.97 Å². The van der Waals surface area contributed by atoms with Gasteiger partial charge in [0.25, 0.3) is 0 Å². The Bertz CT molecular complexity index is 1250. The van der Waals surface area contributed by atoms with Crippen LogP contribution < -0.4 is 5.73 Å². The molecule has 2 fully saturated rings. The molecule has 0 unspecified atom stereocenters. The Hall–Kier alpha value is -3.14. The summed E-state index contributed by atoms with van der Waals surface area (Å²) in [7, 11) is 0. The number of halogens is 3. The Morgan fingerprint density at radius 1 is 1.09 bits per heavy atom. The molecular formula is C26H24F3N3O3. The Kier molecular flexibility index (Phi) is 6.39. The second-order valence-electron chi connectivity index (χ2n) is 9.11. The topological polar surface area (TPSA) is 98.3 Å². The van der Waals surface area contributed by atoms with Gasteiger partial charge in [0, 0.05) is 24.9 Å². The van der Waals surface area contributed by atoms with Crippen molar-refractivity contribution < 1.29 is 27.8 Å². The SMILES string of the molecule is N[C@@H]1C[C@H](c2ccncc2CC(=O)c2ccc(F)c(-c3c(F)cccc3F)n2)O[C@H](C2CC2)[C@H]1O. The quantitative estimate of drug-likeness (QED) is 0.516. The molecule has 9 heteroatoms. The maximum atomic E-state index is 14.4. The first-order chi connectivity index (χ1) is 16.8. The van der Waals surface area contributed by atoms with Crippen LogP contribution in [0.5, 0.6) is 0 Å². The molecule has 1 aromatic carbocycles. The zero-order valence-electron chi connectivity index (χ0n) is 18.7. The highest BCUT2D eigenvalue weighted by molar-refractivity contribution is 5.96. The van der Waals surface area contributed by atoms with Gasteiger partial charge in [-0.1, -0.05) is 6.07 Å². The minimum atomic E-state index is -0.978. The van der Waals surface area contributed by atoms with Crippen LogP contribution in [0.1, 0.15) is 47.0 Å². The van der Waals surface area contributed by atoms with Crippen molar-refractivity contribution in [2.45, 2.75) is 50.0 Å². The fourth-order valence-corrected chi connectivity index (χ4v) is 4.63. The van der Waals surface area contributed by atoms with E-state index in [1.54, 1.807) is 18.5 Å². The number of nitrogens with zero attached hydrogens (tertiary/aromatic N) is 2. The second-order valence-corrected chi connectivity index (χ2v) is 9.11. The Balaban J connectivity index is 1.42. The molecule has 0 bridgehead atoms. The molecule has 0 radical (unpaired) electrons. The molecule has 2 aromatic heterocycles. The van der Waals surface area contributed by atoms with Gasteiger partial charge in [0.05, 0.1) is 23.9 Å². The molecule has 4 atom stereocenters. The molecule has 3 heterocycles. The maximum Gasteiger partial charge on any atom is 0.185 e. The van der Waals surface area contributed by atoms with Crippen LogP contribution in [-0.2, 0) is 11.2 Å². The van der Waals surface area contributed by atoms with Crippen LogP contribution in [-0.4, -0.2) is 39.1 Å². The Labute approximate surface area is 200 Å². The summed E-state index contributed by atoms with van der Waals surface area (Å²) in [5.74, 6) is -3.10. The highest BCUT2D eigenvalue weighted by Crippen LogP contribution is 2.43. The van der Waals surface area contributed by atoms with Gasteiger partial charge < -0.3 is 15.6 Å². The van der Waals surface area contributed by atoms with Crippen molar-refractivity contribution in [2.75, 3.05) is 0 Å². The van der Waals surface area contributed by atoms with Crippen LogP contribution in [0.25, 0.3) is 11.3 Å². The lowest BCUT2D eigenvalue weighted by Crippen LogP contribution is -2.50. The zero-order chi connectivity index (χ0) is 24.7. The summed E-state index contributed by atoms with van der Waals surface area (Å²) in [6.07, 6.45) is 3.80. The molecular weight excluding hydrogens is 459 g/mol. The smallest absolute Gasteiger partial charge is 0.185 e. The van der Waals surface area contributed by atoms with Gasteiger partial charge in [0.15, 0.2) is 5.78 Å². The first-order valence-electron chi connectivity index (χ1n) is 11.5. The normalized spacial score (nSPS) is 24.4. The van der Waals surface area contributed by atoms with Crippen LogP contribution in [0.3, 0.4) is 0 Å². The third-order valence-electron chi connectivity index (χ3n) is 6.64. The van der Waals surface area contributed by atoms with Crippen molar-refractivity contribution in [1.82, 2.24) is 9.97 Å². The van der Waals surface area contributed by atoms with E-state index in [-0.39, 0.29) is 24.1 Å². The number of carbonyl (C=O) groups excluding carboxylic acids is 1. The van der Waals surface area contributed by atoms with Crippen molar-refractivity contribution in [3.63, 3.8) is 0 Å². The number of aliphatic hydroxyl groups excluding tert-OH is 1. The Morgan fingerprint density at radius 2 is 1.83 bits per heavy atom. The van der Waals surface area contributed by atoms with E-state index in [9.17, 15) is 23.1 Å². The van der Waals surface area contributed by atoms with Crippen molar-refractivity contribution in [3.8, 4) is 11.3 Å². The number of aliphatic hydroxyl groups is 1. The molecule has 3 N–H and O–H groups in total. The molecule has 1 aliphatic heterocycles. The standard InChI is InChI=1S/C26H24F3N3O3/c27-16-2-1-3-17(28)23(16)24-18(29)6-7-20(32-24)21(33)10-14-12-31-9-8-15(14)22-11-19(30)25(34)26(35-22)13-4-5-13/h1-3,6-9,12-13,19,22,25-26,34H,4-5,10-11,30H2/t19-,22-,25+,26-/m1/s1. The number of hydrogen-bond acceptors (Lipinski definition) is 6. The van der Waals surface area contributed by atoms with Crippen molar-refractivity contribution in [1.29, 1.82) is 0 Å². The van der Waals surface area contributed by atoms with E-state index in [1.165, 1.54) is 6.07 Å². The molecule has 5 rings (SSSR count). The fraction of sp³-hybridized carbons (Fsp3) is 0.346. The molecule has 182 valence electrons. The first-order valence-corrected chi connectivity index (χ1v) is 11.5. The lowest BCUT2D eigenvalue weighted by Gasteiger charge is -2.39. The number of ketones is 1. The van der Waals surface area contributed by atoms with Crippen LogP contribution in [0, 0.1) is 23.4 Å². The van der Waals surface area contributed by atoms with Crippen molar-refractivity contribution in [3.05, 3.63) is 83.1 Å². The summed E-state index contributed by atoms with van der Waals surface area (Å²) in [4.78, 5) is 21.2. The minimum absolute atomic E-state index is 0.132. The number of carbonyl (C=O) groups is 1. The predicted octanol–water partition coefficient (Wildman–Crippen LogP) is 3.91. The number of aromatic nitrogens is 2. The first kappa shape index (κ1) is 23.6. The van der Waals surface area contributed by atoms with Crippen LogP contribution in [0.2, 0.25) is 0 Å². The summed E-state index contributed by atoms with van der Waals surface area (Å²) >= 11 is 0. The number of rotatable bonds is 6. The molecule has 2 aliphatic rings. The molecule has 35 heavy (non-hydrogen) atoms. The van der Waals surface area contributed by atoms with E-state index < -0.39 is 52.7 Å². The van der Waals surface area contributed by atoms with Crippen LogP contribution in [0.15, 0.2) is 48.8 Å².